The number of nitrogens with zero attached hydrogens (tertiary/aromatic N) is 1. The fourth-order valence-corrected chi connectivity index (χ4v) is 2.98. The van der Waals surface area contributed by atoms with Gasteiger partial charge in [-0.15, -0.1) is 0 Å². The van der Waals surface area contributed by atoms with E-state index in [9.17, 15) is 4.79 Å². The zero-order valence-corrected chi connectivity index (χ0v) is 13.3. The van der Waals surface area contributed by atoms with Crippen LogP contribution in [0.2, 0.25) is 0 Å². The standard InChI is InChI=1S/C16H22BrNO2/c17-11-6-10-15-9-4-5-12-18(15)16(19)20-13-14-7-2-1-3-8-14/h1-3,7-8,15H,4-6,9-13H2/t15-/m0/s1. The molecular weight excluding hydrogens is 318 g/mol. The Labute approximate surface area is 129 Å². The lowest BCUT2D eigenvalue weighted by Crippen LogP contribution is -2.44. The number of ether oxygens (including phenoxy) is 1. The van der Waals surface area contributed by atoms with E-state index in [2.05, 4.69) is 15.9 Å². The number of hydrogen-bond acceptors (Lipinski definition) is 2. The van der Waals surface area contributed by atoms with Crippen LogP contribution in [0.4, 0.5) is 4.79 Å². The second-order valence-corrected chi connectivity index (χ2v) is 6.01. The average molecular weight is 340 g/mol. The molecule has 0 unspecified atom stereocenters. The fraction of sp³-hybridized carbons (Fsp3) is 0.562. The van der Waals surface area contributed by atoms with Crippen LogP contribution in [0, 0.1) is 0 Å². The van der Waals surface area contributed by atoms with Crippen molar-refractivity contribution in [3.8, 4) is 0 Å². The number of likely N-dealkylation sites (tertiary alicyclic amines) is 1. The van der Waals surface area contributed by atoms with E-state index in [1.807, 2.05) is 35.2 Å². The quantitative estimate of drug-likeness (QED) is 0.746. The van der Waals surface area contributed by atoms with Crippen LogP contribution in [0.25, 0.3) is 0 Å². The summed E-state index contributed by atoms with van der Waals surface area (Å²) >= 11 is 3.46. The lowest BCUT2D eigenvalue weighted by molar-refractivity contribution is 0.0659. The number of carbonyl (C=O) groups is 1. The maximum atomic E-state index is 12.2. The number of hydrogen-bond donors (Lipinski definition) is 0. The molecule has 1 atom stereocenters. The monoisotopic (exact) mass is 339 g/mol. The third-order valence-corrected chi connectivity index (χ3v) is 4.30. The van der Waals surface area contributed by atoms with Gasteiger partial charge in [-0.3, -0.25) is 0 Å². The summed E-state index contributed by atoms with van der Waals surface area (Å²) in [6, 6.07) is 10.2. The summed E-state index contributed by atoms with van der Waals surface area (Å²) in [5.74, 6) is 0. The van der Waals surface area contributed by atoms with Gasteiger partial charge in [0.2, 0.25) is 0 Å². The number of benzene rings is 1. The Kier molecular flexibility index (Phi) is 6.37. The van der Waals surface area contributed by atoms with Gasteiger partial charge in [0.1, 0.15) is 6.61 Å². The minimum absolute atomic E-state index is 0.159. The van der Waals surface area contributed by atoms with Crippen LogP contribution >= 0.6 is 15.9 Å². The molecule has 1 aliphatic rings. The first kappa shape index (κ1) is 15.4. The maximum absolute atomic E-state index is 12.2. The summed E-state index contributed by atoms with van der Waals surface area (Å²) in [5, 5.41) is 0.996. The maximum Gasteiger partial charge on any atom is 0.410 e. The SMILES string of the molecule is O=C(OCc1ccccc1)N1CCCC[C@H]1CCCBr. The summed E-state index contributed by atoms with van der Waals surface area (Å²) in [6.07, 6.45) is 5.42. The zero-order chi connectivity index (χ0) is 14.2. The minimum Gasteiger partial charge on any atom is -0.445 e. The topological polar surface area (TPSA) is 29.5 Å². The van der Waals surface area contributed by atoms with Gasteiger partial charge in [0.05, 0.1) is 0 Å². The highest BCUT2D eigenvalue weighted by Crippen LogP contribution is 2.22. The molecule has 1 aromatic rings. The molecule has 1 fully saturated rings. The first-order valence-electron chi connectivity index (χ1n) is 7.34. The highest BCUT2D eigenvalue weighted by atomic mass is 79.9. The van der Waals surface area contributed by atoms with Crippen molar-refractivity contribution >= 4 is 22.0 Å². The first-order valence-corrected chi connectivity index (χ1v) is 8.46. The molecule has 0 bridgehead atoms. The molecule has 1 saturated heterocycles. The predicted octanol–water partition coefficient (Wildman–Crippen LogP) is 4.35. The largest absolute Gasteiger partial charge is 0.445 e. The lowest BCUT2D eigenvalue weighted by Gasteiger charge is -2.35. The molecule has 1 amide bonds. The Morgan fingerprint density at radius 1 is 1.30 bits per heavy atom. The summed E-state index contributed by atoms with van der Waals surface area (Å²) < 4.78 is 5.45. The summed E-state index contributed by atoms with van der Waals surface area (Å²) in [6.45, 7) is 1.20. The van der Waals surface area contributed by atoms with E-state index in [0.717, 1.165) is 43.1 Å². The molecular formula is C16H22BrNO2. The second kappa shape index (κ2) is 8.30. The van der Waals surface area contributed by atoms with Crippen molar-refractivity contribution in [3.63, 3.8) is 0 Å². The van der Waals surface area contributed by atoms with Crippen LogP contribution in [0.15, 0.2) is 30.3 Å². The van der Waals surface area contributed by atoms with Gasteiger partial charge in [-0.25, -0.2) is 4.79 Å². The van der Waals surface area contributed by atoms with E-state index in [1.54, 1.807) is 0 Å². The Bertz CT molecular complexity index is 410. The highest BCUT2D eigenvalue weighted by Gasteiger charge is 2.27. The number of halogens is 1. The Hall–Kier alpha value is -1.03. The fourth-order valence-electron chi connectivity index (χ4n) is 2.66. The highest BCUT2D eigenvalue weighted by molar-refractivity contribution is 9.09. The average Bonchev–Trinajstić information content (AvgIpc) is 2.52. The first-order chi connectivity index (χ1) is 9.81. The lowest BCUT2D eigenvalue weighted by atomic mass is 9.99. The van der Waals surface area contributed by atoms with Gasteiger partial charge >= 0.3 is 6.09 Å². The van der Waals surface area contributed by atoms with Crippen molar-refractivity contribution in [2.24, 2.45) is 0 Å². The van der Waals surface area contributed by atoms with Crippen molar-refractivity contribution < 1.29 is 9.53 Å². The smallest absolute Gasteiger partial charge is 0.410 e. The van der Waals surface area contributed by atoms with Crippen molar-refractivity contribution in [1.29, 1.82) is 0 Å². The zero-order valence-electron chi connectivity index (χ0n) is 11.8. The number of carbonyl (C=O) groups excluding carboxylic acids is 1. The molecule has 2 rings (SSSR count). The molecule has 0 N–H and O–H groups in total. The summed E-state index contributed by atoms with van der Waals surface area (Å²) in [5.41, 5.74) is 1.04. The van der Waals surface area contributed by atoms with Crippen LogP contribution < -0.4 is 0 Å². The van der Waals surface area contributed by atoms with Gasteiger partial charge in [0.15, 0.2) is 0 Å². The molecule has 1 aromatic carbocycles. The van der Waals surface area contributed by atoms with Crippen molar-refractivity contribution in [2.45, 2.75) is 44.8 Å². The van der Waals surface area contributed by atoms with Crippen LogP contribution in [-0.2, 0) is 11.3 Å². The van der Waals surface area contributed by atoms with Gasteiger partial charge in [0.25, 0.3) is 0 Å². The molecule has 0 aliphatic carbocycles. The molecule has 110 valence electrons. The Morgan fingerprint density at radius 3 is 2.85 bits per heavy atom. The predicted molar refractivity (Wildman–Crippen MR) is 84.0 cm³/mol. The number of alkyl halides is 1. The Morgan fingerprint density at radius 2 is 2.10 bits per heavy atom. The minimum atomic E-state index is -0.159. The van der Waals surface area contributed by atoms with Crippen LogP contribution in [0.5, 0.6) is 0 Å². The molecule has 1 heterocycles. The van der Waals surface area contributed by atoms with Crippen molar-refractivity contribution in [2.75, 3.05) is 11.9 Å². The summed E-state index contributed by atoms with van der Waals surface area (Å²) in [4.78, 5) is 14.2. The molecule has 4 heteroatoms. The number of piperidine rings is 1. The van der Waals surface area contributed by atoms with E-state index in [-0.39, 0.29) is 6.09 Å². The van der Waals surface area contributed by atoms with E-state index in [0.29, 0.717) is 12.6 Å². The number of amides is 1. The van der Waals surface area contributed by atoms with Crippen LogP contribution in [0.3, 0.4) is 0 Å². The third-order valence-electron chi connectivity index (χ3n) is 3.74. The van der Waals surface area contributed by atoms with Crippen molar-refractivity contribution in [3.05, 3.63) is 35.9 Å². The summed E-state index contributed by atoms with van der Waals surface area (Å²) in [7, 11) is 0. The molecule has 0 saturated carbocycles. The molecule has 0 radical (unpaired) electrons. The van der Waals surface area contributed by atoms with Gasteiger partial charge < -0.3 is 9.64 Å². The molecule has 0 spiro atoms. The molecule has 3 nitrogen and oxygen atoms in total. The van der Waals surface area contributed by atoms with E-state index in [4.69, 9.17) is 4.74 Å². The van der Waals surface area contributed by atoms with E-state index >= 15 is 0 Å². The van der Waals surface area contributed by atoms with E-state index in [1.165, 1.54) is 6.42 Å². The number of rotatable bonds is 5. The van der Waals surface area contributed by atoms with Gasteiger partial charge in [-0.2, -0.15) is 0 Å². The van der Waals surface area contributed by atoms with E-state index < -0.39 is 0 Å². The van der Waals surface area contributed by atoms with Crippen LogP contribution in [0.1, 0.15) is 37.7 Å². The molecule has 1 aliphatic heterocycles. The van der Waals surface area contributed by atoms with Crippen LogP contribution in [-0.4, -0.2) is 28.9 Å². The van der Waals surface area contributed by atoms with Gasteiger partial charge in [-0.05, 0) is 37.7 Å². The second-order valence-electron chi connectivity index (χ2n) is 5.21. The van der Waals surface area contributed by atoms with Crippen molar-refractivity contribution in [1.82, 2.24) is 4.90 Å². The normalized spacial score (nSPS) is 18.9. The van der Waals surface area contributed by atoms with Gasteiger partial charge in [-0.1, -0.05) is 46.3 Å². The molecule has 0 aromatic heterocycles. The Balaban J connectivity index is 1.85. The third kappa shape index (κ3) is 4.51. The molecule has 20 heavy (non-hydrogen) atoms. The van der Waals surface area contributed by atoms with Gasteiger partial charge in [0, 0.05) is 17.9 Å².